The number of morpholine rings is 1. The second-order valence-corrected chi connectivity index (χ2v) is 8.12. The Balaban J connectivity index is 1.45. The van der Waals surface area contributed by atoms with Crippen molar-refractivity contribution >= 4 is 5.91 Å². The van der Waals surface area contributed by atoms with Crippen LogP contribution in [0.5, 0.6) is 0 Å². The average Bonchev–Trinajstić information content (AvgIpc) is 3.14. The van der Waals surface area contributed by atoms with Crippen molar-refractivity contribution in [1.29, 1.82) is 0 Å². The molecule has 1 unspecified atom stereocenters. The molecule has 24 heavy (non-hydrogen) atoms. The van der Waals surface area contributed by atoms with Crippen LogP contribution in [0.4, 0.5) is 0 Å². The first kappa shape index (κ1) is 18.2. The predicted molar refractivity (Wildman–Crippen MR) is 96.0 cm³/mol. The van der Waals surface area contributed by atoms with Crippen LogP contribution in [0.2, 0.25) is 0 Å². The molecule has 1 atom stereocenters. The van der Waals surface area contributed by atoms with Gasteiger partial charge in [-0.3, -0.25) is 9.69 Å². The molecule has 2 aliphatic heterocycles. The minimum Gasteiger partial charge on any atom is -0.379 e. The van der Waals surface area contributed by atoms with Gasteiger partial charge in [-0.25, -0.2) is 0 Å². The molecule has 138 valence electrons. The molecule has 3 rings (SSSR count). The van der Waals surface area contributed by atoms with Crippen molar-refractivity contribution in [3.63, 3.8) is 0 Å². The maximum Gasteiger partial charge on any atom is 0.220 e. The molecule has 3 aliphatic rings. The second kappa shape index (κ2) is 9.16. The van der Waals surface area contributed by atoms with Crippen LogP contribution in [0.15, 0.2) is 0 Å². The van der Waals surface area contributed by atoms with Crippen molar-refractivity contribution in [2.45, 2.75) is 51.4 Å². The topological polar surface area (TPSA) is 53.6 Å². The number of ether oxygens (including phenoxy) is 1. The van der Waals surface area contributed by atoms with Gasteiger partial charge in [0.05, 0.1) is 13.2 Å². The highest BCUT2D eigenvalue weighted by Gasteiger charge is 2.34. The van der Waals surface area contributed by atoms with Crippen LogP contribution in [-0.2, 0) is 9.53 Å². The molecule has 2 saturated heterocycles. The van der Waals surface area contributed by atoms with Crippen LogP contribution in [0.25, 0.3) is 0 Å². The SMILES string of the molecule is O=C(CCC1CCNC1)NCC1(CN2CCOCC2)CCCCC1. The highest BCUT2D eigenvalue weighted by atomic mass is 16.5. The van der Waals surface area contributed by atoms with E-state index in [9.17, 15) is 4.79 Å². The summed E-state index contributed by atoms with van der Waals surface area (Å²) in [5, 5.41) is 6.67. The summed E-state index contributed by atoms with van der Waals surface area (Å²) in [6.45, 7) is 8.02. The van der Waals surface area contributed by atoms with Crippen LogP contribution in [-0.4, -0.2) is 63.3 Å². The maximum absolute atomic E-state index is 12.3. The smallest absolute Gasteiger partial charge is 0.220 e. The molecular weight excluding hydrogens is 302 g/mol. The summed E-state index contributed by atoms with van der Waals surface area (Å²) < 4.78 is 5.48. The quantitative estimate of drug-likeness (QED) is 0.743. The Kier molecular flexibility index (Phi) is 6.93. The normalized spacial score (nSPS) is 27.9. The lowest BCUT2D eigenvalue weighted by atomic mass is 9.73. The van der Waals surface area contributed by atoms with E-state index >= 15 is 0 Å². The third kappa shape index (κ3) is 5.43. The van der Waals surface area contributed by atoms with E-state index in [4.69, 9.17) is 4.74 Å². The fourth-order valence-corrected chi connectivity index (χ4v) is 4.60. The number of amides is 1. The van der Waals surface area contributed by atoms with Gasteiger partial charge in [0.15, 0.2) is 0 Å². The van der Waals surface area contributed by atoms with Gasteiger partial charge >= 0.3 is 0 Å². The first-order valence-electron chi connectivity index (χ1n) is 10.0. The van der Waals surface area contributed by atoms with Gasteiger partial charge in [-0.15, -0.1) is 0 Å². The Labute approximate surface area is 146 Å². The van der Waals surface area contributed by atoms with Gasteiger partial charge < -0.3 is 15.4 Å². The number of carbonyl (C=O) groups is 1. The van der Waals surface area contributed by atoms with Crippen LogP contribution in [0, 0.1) is 11.3 Å². The van der Waals surface area contributed by atoms with E-state index in [-0.39, 0.29) is 5.91 Å². The van der Waals surface area contributed by atoms with E-state index in [1.807, 2.05) is 0 Å². The molecule has 3 fully saturated rings. The predicted octanol–water partition coefficient (Wildman–Crippen LogP) is 1.78. The fraction of sp³-hybridized carbons (Fsp3) is 0.947. The lowest BCUT2D eigenvalue weighted by Gasteiger charge is -2.42. The number of hydrogen-bond acceptors (Lipinski definition) is 4. The number of carbonyl (C=O) groups excluding carboxylic acids is 1. The Morgan fingerprint density at radius 2 is 2.00 bits per heavy atom. The van der Waals surface area contributed by atoms with Crippen molar-refractivity contribution in [3.05, 3.63) is 0 Å². The minimum atomic E-state index is 0.258. The van der Waals surface area contributed by atoms with Crippen LogP contribution >= 0.6 is 0 Å². The Bertz CT molecular complexity index is 384. The molecular formula is C19H35N3O2. The molecule has 2 N–H and O–H groups in total. The van der Waals surface area contributed by atoms with Crippen molar-refractivity contribution in [2.24, 2.45) is 11.3 Å². The summed E-state index contributed by atoms with van der Waals surface area (Å²) in [6, 6.07) is 0. The third-order valence-corrected chi connectivity index (χ3v) is 6.18. The van der Waals surface area contributed by atoms with Crippen LogP contribution in [0.3, 0.4) is 0 Å². The van der Waals surface area contributed by atoms with E-state index in [1.165, 1.54) is 38.5 Å². The zero-order valence-electron chi connectivity index (χ0n) is 15.2. The largest absolute Gasteiger partial charge is 0.379 e. The van der Waals surface area contributed by atoms with Crippen molar-refractivity contribution in [3.8, 4) is 0 Å². The van der Waals surface area contributed by atoms with Crippen molar-refractivity contribution in [1.82, 2.24) is 15.5 Å². The summed E-state index contributed by atoms with van der Waals surface area (Å²) in [5.74, 6) is 0.960. The van der Waals surface area contributed by atoms with Gasteiger partial charge in [-0.05, 0) is 44.7 Å². The summed E-state index contributed by atoms with van der Waals surface area (Å²) >= 11 is 0. The molecule has 0 aromatic carbocycles. The van der Waals surface area contributed by atoms with Gasteiger partial charge in [0.25, 0.3) is 0 Å². The Morgan fingerprint density at radius 3 is 2.71 bits per heavy atom. The number of hydrogen-bond donors (Lipinski definition) is 2. The number of nitrogens with one attached hydrogen (secondary N) is 2. The number of nitrogens with zero attached hydrogens (tertiary/aromatic N) is 1. The molecule has 0 radical (unpaired) electrons. The minimum absolute atomic E-state index is 0.258. The molecule has 1 saturated carbocycles. The molecule has 5 heteroatoms. The first-order valence-corrected chi connectivity index (χ1v) is 10.0. The van der Waals surface area contributed by atoms with E-state index < -0.39 is 0 Å². The molecule has 0 bridgehead atoms. The van der Waals surface area contributed by atoms with E-state index in [2.05, 4.69) is 15.5 Å². The number of rotatable bonds is 7. The fourth-order valence-electron chi connectivity index (χ4n) is 4.60. The average molecular weight is 338 g/mol. The summed E-state index contributed by atoms with van der Waals surface area (Å²) in [6.07, 6.45) is 9.47. The van der Waals surface area contributed by atoms with Gasteiger partial charge in [-0.1, -0.05) is 19.3 Å². The molecule has 5 nitrogen and oxygen atoms in total. The zero-order valence-corrected chi connectivity index (χ0v) is 15.2. The molecule has 2 heterocycles. The lowest BCUT2D eigenvalue weighted by molar-refractivity contribution is -0.122. The van der Waals surface area contributed by atoms with E-state index in [1.54, 1.807) is 0 Å². The zero-order chi connectivity index (χ0) is 16.7. The summed E-state index contributed by atoms with van der Waals surface area (Å²) in [7, 11) is 0. The van der Waals surface area contributed by atoms with Gasteiger partial charge in [0.1, 0.15) is 0 Å². The monoisotopic (exact) mass is 337 g/mol. The van der Waals surface area contributed by atoms with E-state index in [0.717, 1.165) is 58.9 Å². The third-order valence-electron chi connectivity index (χ3n) is 6.18. The van der Waals surface area contributed by atoms with Crippen molar-refractivity contribution in [2.75, 3.05) is 52.5 Å². The first-order chi connectivity index (χ1) is 11.8. The maximum atomic E-state index is 12.3. The van der Waals surface area contributed by atoms with E-state index in [0.29, 0.717) is 17.8 Å². The standard InChI is InChI=1S/C19H35N3O2/c23-18(5-4-17-6-9-20-14-17)21-15-19(7-2-1-3-8-19)16-22-10-12-24-13-11-22/h17,20H,1-16H2,(H,21,23). The summed E-state index contributed by atoms with van der Waals surface area (Å²) in [5.41, 5.74) is 0.292. The molecule has 0 aromatic heterocycles. The molecule has 0 aromatic rings. The van der Waals surface area contributed by atoms with Gasteiger partial charge in [0.2, 0.25) is 5.91 Å². The Morgan fingerprint density at radius 1 is 1.21 bits per heavy atom. The van der Waals surface area contributed by atoms with Crippen molar-refractivity contribution < 1.29 is 9.53 Å². The van der Waals surface area contributed by atoms with Gasteiger partial charge in [0, 0.05) is 38.0 Å². The highest BCUT2D eigenvalue weighted by molar-refractivity contribution is 5.75. The molecule has 0 spiro atoms. The lowest BCUT2D eigenvalue weighted by Crippen LogP contribution is -2.49. The van der Waals surface area contributed by atoms with Crippen LogP contribution < -0.4 is 10.6 Å². The van der Waals surface area contributed by atoms with Gasteiger partial charge in [-0.2, -0.15) is 0 Å². The van der Waals surface area contributed by atoms with Crippen LogP contribution in [0.1, 0.15) is 51.4 Å². The highest BCUT2D eigenvalue weighted by Crippen LogP contribution is 2.36. The molecule has 1 amide bonds. The molecule has 1 aliphatic carbocycles. The Hall–Kier alpha value is -0.650. The second-order valence-electron chi connectivity index (χ2n) is 8.12. The summed E-state index contributed by atoms with van der Waals surface area (Å²) in [4.78, 5) is 14.9.